The Morgan fingerprint density at radius 3 is 0.889 bits per heavy atom. The fourth-order valence-electron chi connectivity index (χ4n) is 0.743. The molecule has 0 N–H and O–H groups in total. The van der Waals surface area contributed by atoms with Crippen LogP contribution in [-0.2, 0) is 19.2 Å². The summed E-state index contributed by atoms with van der Waals surface area (Å²) in [5.41, 5.74) is 0. The van der Waals surface area contributed by atoms with E-state index in [1.54, 1.807) is 0 Å². The average Bonchev–Trinajstić information content (AvgIpc) is 2.22. The first-order valence-electron chi connectivity index (χ1n) is 5.05. The van der Waals surface area contributed by atoms with Gasteiger partial charge in [-0.2, -0.15) is 0 Å². The molecule has 0 aromatic rings. The Labute approximate surface area is 103 Å². The number of carbonyl (C=O) groups excluding carboxylic acids is 4. The monoisotopic (exact) mass is 260 g/mol. The predicted molar refractivity (Wildman–Crippen MR) is 47.7 cm³/mol. The molecule has 0 bridgehead atoms. The van der Waals surface area contributed by atoms with E-state index >= 15 is 0 Å². The van der Waals surface area contributed by atoms with Crippen LogP contribution in [0.4, 0.5) is 0 Å². The highest BCUT2D eigenvalue weighted by atomic mass is 16.4. The van der Waals surface area contributed by atoms with Gasteiger partial charge >= 0.3 is 0 Å². The molecule has 0 heterocycles. The Balaban J connectivity index is 0. The number of carbonyl (C=O) groups is 4. The van der Waals surface area contributed by atoms with Gasteiger partial charge in [-0.05, 0) is 38.5 Å². The average molecular weight is 260 g/mol. The van der Waals surface area contributed by atoms with Crippen molar-refractivity contribution >= 4 is 23.9 Å². The summed E-state index contributed by atoms with van der Waals surface area (Å²) in [5, 5.41) is 38.5. The number of carboxylic acids is 4. The molecule has 0 aromatic carbocycles. The fraction of sp³-hybridized carbons (Fsp3) is 0.600. The summed E-state index contributed by atoms with van der Waals surface area (Å²) in [4.78, 5) is 38.5. The number of hydrogen-bond donors (Lipinski definition) is 0. The Kier molecular flexibility index (Phi) is 11.5. The van der Waals surface area contributed by atoms with Crippen molar-refractivity contribution in [2.45, 2.75) is 38.5 Å². The third-order valence-electron chi connectivity index (χ3n) is 1.55. The van der Waals surface area contributed by atoms with Crippen LogP contribution in [0.2, 0.25) is 0 Å². The van der Waals surface area contributed by atoms with Crippen molar-refractivity contribution in [3.63, 3.8) is 0 Å². The van der Waals surface area contributed by atoms with Crippen LogP contribution in [0, 0.1) is 0 Å². The van der Waals surface area contributed by atoms with E-state index in [9.17, 15) is 39.6 Å². The van der Waals surface area contributed by atoms with Crippen LogP contribution in [0.3, 0.4) is 0 Å². The van der Waals surface area contributed by atoms with E-state index in [4.69, 9.17) is 0 Å². The number of hydrogen-bond acceptors (Lipinski definition) is 8. The van der Waals surface area contributed by atoms with Crippen LogP contribution in [0.5, 0.6) is 0 Å². The van der Waals surface area contributed by atoms with Gasteiger partial charge in [0.25, 0.3) is 0 Å². The summed E-state index contributed by atoms with van der Waals surface area (Å²) in [7, 11) is 0. The highest BCUT2D eigenvalue weighted by molar-refractivity contribution is 5.72. The van der Waals surface area contributed by atoms with Gasteiger partial charge in [0.15, 0.2) is 0 Å². The molecule has 0 aromatic heterocycles. The Morgan fingerprint density at radius 1 is 0.500 bits per heavy atom. The third kappa shape index (κ3) is 23.6. The van der Waals surface area contributed by atoms with E-state index in [1.165, 1.54) is 0 Å². The lowest BCUT2D eigenvalue weighted by Gasteiger charge is -2.01. The smallest absolute Gasteiger partial charge is 0.0418 e. The lowest BCUT2D eigenvalue weighted by atomic mass is 10.2. The minimum Gasteiger partial charge on any atom is -0.550 e. The Hall–Kier alpha value is -2.12. The number of unbranched alkanes of at least 4 members (excludes halogenated alkanes) is 1. The number of carboxylic acid groups (broad SMARTS) is 4. The molecule has 0 rings (SSSR count). The van der Waals surface area contributed by atoms with Gasteiger partial charge in [-0.25, -0.2) is 0 Å². The maximum Gasteiger partial charge on any atom is 0.0418 e. The van der Waals surface area contributed by atoms with E-state index in [-0.39, 0.29) is 12.8 Å². The molecule has 0 saturated carbocycles. The lowest BCUT2D eigenvalue weighted by molar-refractivity contribution is -0.315. The van der Waals surface area contributed by atoms with E-state index in [0.29, 0.717) is 12.8 Å². The van der Waals surface area contributed by atoms with Gasteiger partial charge in [0.05, 0.1) is 0 Å². The molecule has 0 aliphatic rings. The maximum absolute atomic E-state index is 9.77. The molecule has 0 aliphatic carbocycles. The molecule has 0 aliphatic heterocycles. The summed E-state index contributed by atoms with van der Waals surface area (Å²) >= 11 is 0. The zero-order chi connectivity index (χ0) is 14.6. The quantitative estimate of drug-likeness (QED) is 0.393. The molecule has 0 radical (unpaired) electrons. The van der Waals surface area contributed by atoms with Crippen LogP contribution in [0.25, 0.3) is 0 Å². The van der Waals surface area contributed by atoms with Gasteiger partial charge in [-0.3, -0.25) is 0 Å². The fourth-order valence-corrected chi connectivity index (χ4v) is 0.743. The van der Waals surface area contributed by atoms with Gasteiger partial charge in [0.1, 0.15) is 0 Å². The SMILES string of the molecule is O=C([O-])CCC(=O)[O-].O=C([O-])CCCCC(=O)[O-]. The van der Waals surface area contributed by atoms with Crippen LogP contribution >= 0.6 is 0 Å². The molecule has 8 nitrogen and oxygen atoms in total. The van der Waals surface area contributed by atoms with Gasteiger partial charge < -0.3 is 39.6 Å². The third-order valence-corrected chi connectivity index (χ3v) is 1.55. The minimum absolute atomic E-state index is 0.0761. The topological polar surface area (TPSA) is 161 Å². The Morgan fingerprint density at radius 2 is 0.722 bits per heavy atom. The first-order valence-corrected chi connectivity index (χ1v) is 5.05. The molecule has 0 fully saturated rings. The van der Waals surface area contributed by atoms with E-state index in [1.807, 2.05) is 0 Å². The second kappa shape index (κ2) is 11.4. The molecule has 0 atom stereocenters. The molecular formula is C10H12O8-4. The van der Waals surface area contributed by atoms with Crippen LogP contribution < -0.4 is 20.4 Å². The Bertz CT molecular complexity index is 266. The van der Waals surface area contributed by atoms with Gasteiger partial charge in [0, 0.05) is 23.9 Å². The highest BCUT2D eigenvalue weighted by Gasteiger charge is 1.89. The largest absolute Gasteiger partial charge is 0.550 e. The summed E-state index contributed by atoms with van der Waals surface area (Å²) in [5.74, 6) is -5.01. The highest BCUT2D eigenvalue weighted by Crippen LogP contribution is 1.96. The summed E-state index contributed by atoms with van der Waals surface area (Å²) in [6.07, 6.45) is -0.405. The normalized spacial score (nSPS) is 8.89. The van der Waals surface area contributed by atoms with Gasteiger partial charge in [-0.1, -0.05) is 0 Å². The summed E-state index contributed by atoms with van der Waals surface area (Å²) in [6.45, 7) is 0. The van der Waals surface area contributed by atoms with Crippen molar-refractivity contribution in [2.24, 2.45) is 0 Å². The first-order chi connectivity index (χ1) is 8.25. The zero-order valence-electron chi connectivity index (χ0n) is 9.51. The van der Waals surface area contributed by atoms with E-state index in [0.717, 1.165) is 0 Å². The van der Waals surface area contributed by atoms with Crippen molar-refractivity contribution in [1.82, 2.24) is 0 Å². The van der Waals surface area contributed by atoms with E-state index in [2.05, 4.69) is 0 Å². The summed E-state index contributed by atoms with van der Waals surface area (Å²) in [6, 6.07) is 0. The van der Waals surface area contributed by atoms with Crippen molar-refractivity contribution < 1.29 is 39.6 Å². The number of aliphatic carboxylic acids is 4. The first kappa shape index (κ1) is 18.3. The lowest BCUT2D eigenvalue weighted by Crippen LogP contribution is -2.27. The van der Waals surface area contributed by atoms with Crippen LogP contribution in [0.15, 0.2) is 0 Å². The van der Waals surface area contributed by atoms with Crippen LogP contribution in [0.1, 0.15) is 38.5 Å². The second-order valence-electron chi connectivity index (χ2n) is 3.20. The predicted octanol–water partition coefficient (Wildman–Crippen LogP) is -4.69. The molecular weight excluding hydrogens is 248 g/mol. The molecule has 0 amide bonds. The molecule has 0 saturated heterocycles. The minimum atomic E-state index is -1.37. The van der Waals surface area contributed by atoms with Crippen molar-refractivity contribution in [3.8, 4) is 0 Å². The van der Waals surface area contributed by atoms with Gasteiger partial charge in [0.2, 0.25) is 0 Å². The van der Waals surface area contributed by atoms with E-state index < -0.39 is 36.7 Å². The van der Waals surface area contributed by atoms with Crippen molar-refractivity contribution in [2.75, 3.05) is 0 Å². The van der Waals surface area contributed by atoms with Crippen LogP contribution in [-0.4, -0.2) is 23.9 Å². The standard InChI is InChI=1S/C6H10O4.C4H6O4/c7-5(8)3-1-2-4-6(9)10;5-3(6)1-2-4(7)8/h1-4H2,(H,7,8)(H,9,10);1-2H2,(H,5,6)(H,7,8)/p-4. The maximum atomic E-state index is 9.77. The van der Waals surface area contributed by atoms with Gasteiger partial charge in [-0.15, -0.1) is 0 Å². The summed E-state index contributed by atoms with van der Waals surface area (Å²) < 4.78 is 0. The molecule has 0 unspecified atom stereocenters. The molecule has 18 heavy (non-hydrogen) atoms. The molecule has 104 valence electrons. The zero-order valence-corrected chi connectivity index (χ0v) is 9.51. The molecule has 8 heteroatoms. The molecule has 0 spiro atoms. The van der Waals surface area contributed by atoms with Crippen molar-refractivity contribution in [3.05, 3.63) is 0 Å². The number of rotatable bonds is 8. The van der Waals surface area contributed by atoms with Crippen molar-refractivity contribution in [1.29, 1.82) is 0 Å². The second-order valence-corrected chi connectivity index (χ2v) is 3.20.